The third kappa shape index (κ3) is 2.86. The first-order chi connectivity index (χ1) is 8.92. The molecule has 2 rings (SSSR count). The highest BCUT2D eigenvalue weighted by Gasteiger charge is 2.22. The zero-order valence-electron chi connectivity index (χ0n) is 11.6. The van der Waals surface area contributed by atoms with Gasteiger partial charge in [-0.1, -0.05) is 19.9 Å². The summed E-state index contributed by atoms with van der Waals surface area (Å²) in [7, 11) is 1.35. The number of benzene rings is 1. The highest BCUT2D eigenvalue weighted by Crippen LogP contribution is 2.26. The number of ether oxygens (including phenoxy) is 1. The van der Waals surface area contributed by atoms with Crippen LogP contribution in [0.3, 0.4) is 0 Å². The van der Waals surface area contributed by atoms with Gasteiger partial charge in [0.15, 0.2) is 11.5 Å². The lowest BCUT2D eigenvalue weighted by atomic mass is 9.84. The molecule has 0 aliphatic carbocycles. The fraction of sp³-hybridized carbons (Fsp3) is 0.429. The molecule has 5 nitrogen and oxygen atoms in total. The Morgan fingerprint density at radius 2 is 2.21 bits per heavy atom. The lowest BCUT2D eigenvalue weighted by Crippen LogP contribution is -2.36. The van der Waals surface area contributed by atoms with Gasteiger partial charge in [0.05, 0.1) is 7.11 Å². The van der Waals surface area contributed by atoms with E-state index in [9.17, 15) is 4.79 Å². The van der Waals surface area contributed by atoms with Gasteiger partial charge in [0.1, 0.15) is 5.52 Å². The summed E-state index contributed by atoms with van der Waals surface area (Å²) < 4.78 is 10.1. The molecular weight excluding hydrogens is 244 g/mol. The molecule has 102 valence electrons. The van der Waals surface area contributed by atoms with Gasteiger partial charge in [0.25, 0.3) is 0 Å². The Kier molecular flexibility index (Phi) is 3.46. The number of amides is 1. The Labute approximate surface area is 112 Å². The van der Waals surface area contributed by atoms with E-state index in [0.717, 1.165) is 16.7 Å². The molecule has 1 aromatic heterocycles. The number of carbonyl (C=O) groups is 1. The van der Waals surface area contributed by atoms with E-state index in [0.29, 0.717) is 12.4 Å². The Morgan fingerprint density at radius 3 is 2.89 bits per heavy atom. The number of hydrogen-bond donors (Lipinski definition) is 1. The molecule has 1 heterocycles. The number of aryl methyl sites for hydroxylation is 1. The highest BCUT2D eigenvalue weighted by molar-refractivity contribution is 5.74. The second kappa shape index (κ2) is 4.91. The molecule has 5 heteroatoms. The number of aromatic nitrogens is 1. The summed E-state index contributed by atoms with van der Waals surface area (Å²) in [4.78, 5) is 15.4. The summed E-state index contributed by atoms with van der Waals surface area (Å²) in [5, 5.41) is 2.72. The summed E-state index contributed by atoms with van der Waals surface area (Å²) >= 11 is 0. The lowest BCUT2D eigenvalue weighted by Gasteiger charge is -2.25. The standard InChI is InChI=1S/C14H18N2O3/c1-9-16-11-6-5-10(7-12(11)19-9)14(2,3)8-15-13(17)18-4/h5-7H,8H2,1-4H3,(H,15,17). The molecular formula is C14H18N2O3. The van der Waals surface area contributed by atoms with E-state index in [4.69, 9.17) is 4.42 Å². The van der Waals surface area contributed by atoms with E-state index in [2.05, 4.69) is 15.0 Å². The second-order valence-corrected chi connectivity index (χ2v) is 5.14. The molecule has 0 saturated heterocycles. The van der Waals surface area contributed by atoms with E-state index >= 15 is 0 Å². The Bertz CT molecular complexity index is 602. The highest BCUT2D eigenvalue weighted by atomic mass is 16.5. The zero-order chi connectivity index (χ0) is 14.0. The molecule has 0 spiro atoms. The fourth-order valence-electron chi connectivity index (χ4n) is 1.93. The minimum atomic E-state index is -0.426. The van der Waals surface area contributed by atoms with Crippen LogP contribution in [0.1, 0.15) is 25.3 Å². The van der Waals surface area contributed by atoms with Gasteiger partial charge in [-0.15, -0.1) is 0 Å². The van der Waals surface area contributed by atoms with Crippen LogP contribution in [0.5, 0.6) is 0 Å². The van der Waals surface area contributed by atoms with Crippen molar-refractivity contribution >= 4 is 17.2 Å². The normalized spacial score (nSPS) is 11.6. The number of hydrogen-bond acceptors (Lipinski definition) is 4. The van der Waals surface area contributed by atoms with Gasteiger partial charge >= 0.3 is 6.09 Å². The molecule has 1 N–H and O–H groups in total. The smallest absolute Gasteiger partial charge is 0.406 e. The maximum absolute atomic E-state index is 11.1. The van der Waals surface area contributed by atoms with Crippen LogP contribution in [0.15, 0.2) is 22.6 Å². The summed E-state index contributed by atoms with van der Waals surface area (Å²) in [6.45, 7) is 6.41. The van der Waals surface area contributed by atoms with Gasteiger partial charge in [-0.25, -0.2) is 9.78 Å². The summed E-state index contributed by atoms with van der Waals surface area (Å²) in [5.74, 6) is 0.651. The van der Waals surface area contributed by atoms with E-state index < -0.39 is 6.09 Å². The number of alkyl carbamates (subject to hydrolysis) is 1. The fourth-order valence-corrected chi connectivity index (χ4v) is 1.93. The SMILES string of the molecule is COC(=O)NCC(C)(C)c1ccc2nc(C)oc2c1. The van der Waals surface area contributed by atoms with Crippen molar-refractivity contribution in [2.75, 3.05) is 13.7 Å². The molecule has 1 amide bonds. The molecule has 0 aliphatic rings. The van der Waals surface area contributed by atoms with Gasteiger partial charge in [0, 0.05) is 18.9 Å². The monoisotopic (exact) mass is 262 g/mol. The third-order valence-electron chi connectivity index (χ3n) is 3.14. The van der Waals surface area contributed by atoms with E-state index in [-0.39, 0.29) is 5.41 Å². The number of nitrogens with zero attached hydrogens (tertiary/aromatic N) is 1. The van der Waals surface area contributed by atoms with Crippen molar-refractivity contribution < 1.29 is 13.9 Å². The van der Waals surface area contributed by atoms with Crippen molar-refractivity contribution in [3.8, 4) is 0 Å². The number of fused-ring (bicyclic) bond motifs is 1. The van der Waals surface area contributed by atoms with Crippen molar-refractivity contribution in [2.45, 2.75) is 26.2 Å². The molecule has 0 aliphatic heterocycles. The molecule has 2 aromatic rings. The molecule has 0 radical (unpaired) electrons. The van der Waals surface area contributed by atoms with Crippen molar-refractivity contribution in [2.24, 2.45) is 0 Å². The minimum Gasteiger partial charge on any atom is -0.453 e. The maximum atomic E-state index is 11.1. The topological polar surface area (TPSA) is 64.4 Å². The van der Waals surface area contributed by atoms with Crippen LogP contribution in [-0.4, -0.2) is 24.7 Å². The second-order valence-electron chi connectivity index (χ2n) is 5.14. The quantitative estimate of drug-likeness (QED) is 0.923. The zero-order valence-corrected chi connectivity index (χ0v) is 11.6. The Balaban J connectivity index is 2.23. The van der Waals surface area contributed by atoms with Crippen molar-refractivity contribution in [1.82, 2.24) is 10.3 Å². The van der Waals surface area contributed by atoms with Gasteiger partial charge in [-0.2, -0.15) is 0 Å². The average molecular weight is 262 g/mol. The Hall–Kier alpha value is -2.04. The summed E-state index contributed by atoms with van der Waals surface area (Å²) in [6, 6.07) is 5.90. The molecule has 0 atom stereocenters. The van der Waals surface area contributed by atoms with Crippen molar-refractivity contribution in [3.63, 3.8) is 0 Å². The number of nitrogens with one attached hydrogen (secondary N) is 1. The van der Waals surface area contributed by atoms with E-state index in [1.54, 1.807) is 0 Å². The van der Waals surface area contributed by atoms with E-state index in [1.807, 2.05) is 39.0 Å². The van der Waals surface area contributed by atoms with Gasteiger partial charge in [-0.3, -0.25) is 0 Å². The van der Waals surface area contributed by atoms with Crippen LogP contribution in [0, 0.1) is 6.92 Å². The molecule has 1 aromatic carbocycles. The lowest BCUT2D eigenvalue weighted by molar-refractivity contribution is 0.168. The number of oxazole rings is 1. The first-order valence-electron chi connectivity index (χ1n) is 6.12. The summed E-state index contributed by atoms with van der Waals surface area (Å²) in [5.41, 5.74) is 2.47. The van der Waals surface area contributed by atoms with Gasteiger partial charge in [-0.05, 0) is 17.7 Å². The van der Waals surface area contributed by atoms with Crippen LogP contribution < -0.4 is 5.32 Å². The molecule has 0 bridgehead atoms. The van der Waals surface area contributed by atoms with Crippen LogP contribution in [0.2, 0.25) is 0 Å². The third-order valence-corrected chi connectivity index (χ3v) is 3.14. The van der Waals surface area contributed by atoms with Crippen LogP contribution in [-0.2, 0) is 10.2 Å². The van der Waals surface area contributed by atoms with Gasteiger partial charge in [0.2, 0.25) is 0 Å². The number of carbonyl (C=O) groups excluding carboxylic acids is 1. The van der Waals surface area contributed by atoms with Crippen LogP contribution in [0.25, 0.3) is 11.1 Å². The summed E-state index contributed by atoms with van der Waals surface area (Å²) in [6.07, 6.45) is -0.426. The number of methoxy groups -OCH3 is 1. The predicted octanol–water partition coefficient (Wildman–Crippen LogP) is 2.77. The number of rotatable bonds is 3. The first-order valence-corrected chi connectivity index (χ1v) is 6.12. The minimum absolute atomic E-state index is 0.219. The van der Waals surface area contributed by atoms with Crippen molar-refractivity contribution in [3.05, 3.63) is 29.7 Å². The molecule has 0 unspecified atom stereocenters. The average Bonchev–Trinajstić information content (AvgIpc) is 2.74. The van der Waals surface area contributed by atoms with Crippen molar-refractivity contribution in [1.29, 1.82) is 0 Å². The predicted molar refractivity (Wildman–Crippen MR) is 72.2 cm³/mol. The largest absolute Gasteiger partial charge is 0.453 e. The molecule has 0 fully saturated rings. The van der Waals surface area contributed by atoms with Crippen LogP contribution in [0.4, 0.5) is 4.79 Å². The molecule has 19 heavy (non-hydrogen) atoms. The van der Waals surface area contributed by atoms with Crippen LogP contribution >= 0.6 is 0 Å². The maximum Gasteiger partial charge on any atom is 0.406 e. The molecule has 0 saturated carbocycles. The Morgan fingerprint density at radius 1 is 1.47 bits per heavy atom. The van der Waals surface area contributed by atoms with Gasteiger partial charge < -0.3 is 14.5 Å². The van der Waals surface area contributed by atoms with E-state index in [1.165, 1.54) is 7.11 Å². The first kappa shape index (κ1) is 13.4.